The van der Waals surface area contributed by atoms with Crippen molar-refractivity contribution in [2.45, 2.75) is 51.6 Å². The second kappa shape index (κ2) is 9.93. The number of rotatable bonds is 4. The lowest BCUT2D eigenvalue weighted by atomic mass is 9.95. The molecule has 3 aliphatic rings. The smallest absolute Gasteiger partial charge is 0.225 e. The van der Waals surface area contributed by atoms with Crippen molar-refractivity contribution in [1.29, 1.82) is 0 Å². The van der Waals surface area contributed by atoms with E-state index in [0.717, 1.165) is 94.4 Å². The Kier molecular flexibility index (Phi) is 6.37. The zero-order chi connectivity index (χ0) is 23.6. The van der Waals surface area contributed by atoms with Crippen LogP contribution in [0.3, 0.4) is 0 Å². The number of benzene rings is 1. The molecule has 5 heterocycles. The monoisotopic (exact) mass is 473 g/mol. The third-order valence-corrected chi connectivity index (χ3v) is 7.95. The Hall–Kier alpha value is -3.00. The number of amides is 1. The molecule has 0 unspecified atom stereocenters. The molecule has 0 spiro atoms. The van der Waals surface area contributed by atoms with Gasteiger partial charge in [0.25, 0.3) is 0 Å². The van der Waals surface area contributed by atoms with Crippen LogP contribution in [0.1, 0.15) is 43.5 Å². The van der Waals surface area contributed by atoms with Crippen molar-refractivity contribution in [3.63, 3.8) is 0 Å². The molecule has 0 saturated carbocycles. The van der Waals surface area contributed by atoms with E-state index in [9.17, 15) is 4.79 Å². The highest BCUT2D eigenvalue weighted by atomic mass is 16.2. The van der Waals surface area contributed by atoms with Crippen molar-refractivity contribution in [1.82, 2.24) is 29.3 Å². The lowest BCUT2D eigenvalue weighted by Crippen LogP contribution is -2.51. The summed E-state index contributed by atoms with van der Waals surface area (Å²) in [7, 11) is 0. The SMILES string of the molecule is O=C(C1CCN(c2ncnc3c2nc2n3CCCCC2)CC1)N1CCN(Cc2ccccc2)CC1. The molecule has 3 aromatic rings. The van der Waals surface area contributed by atoms with Gasteiger partial charge in [0.05, 0.1) is 0 Å². The summed E-state index contributed by atoms with van der Waals surface area (Å²) >= 11 is 0. The summed E-state index contributed by atoms with van der Waals surface area (Å²) in [4.78, 5) is 34.3. The van der Waals surface area contributed by atoms with Gasteiger partial charge in [0.1, 0.15) is 12.2 Å². The van der Waals surface area contributed by atoms with Crippen LogP contribution in [0.2, 0.25) is 0 Å². The normalized spacial score (nSPS) is 20.1. The van der Waals surface area contributed by atoms with Gasteiger partial charge in [-0.05, 0) is 31.2 Å². The molecular weight excluding hydrogens is 438 g/mol. The van der Waals surface area contributed by atoms with Gasteiger partial charge >= 0.3 is 0 Å². The maximum atomic E-state index is 13.3. The van der Waals surface area contributed by atoms with Crippen LogP contribution >= 0.6 is 0 Å². The number of fused-ring (bicyclic) bond motifs is 3. The Morgan fingerprint density at radius 3 is 2.49 bits per heavy atom. The van der Waals surface area contributed by atoms with Gasteiger partial charge in [0, 0.05) is 64.7 Å². The third kappa shape index (κ3) is 4.63. The highest BCUT2D eigenvalue weighted by Gasteiger charge is 2.32. The first kappa shape index (κ1) is 22.5. The van der Waals surface area contributed by atoms with Gasteiger partial charge in [-0.15, -0.1) is 0 Å². The number of hydrogen-bond acceptors (Lipinski definition) is 6. The first-order chi connectivity index (χ1) is 17.3. The number of nitrogens with zero attached hydrogens (tertiary/aromatic N) is 7. The Balaban J connectivity index is 1.06. The first-order valence-electron chi connectivity index (χ1n) is 13.3. The standard InChI is InChI=1S/C27H35N7O/c35-27(33-17-15-31(16-18-33)19-21-7-3-1-4-8-21)22-10-13-32(14-11-22)25-24-26(29-20-28-25)34-12-6-2-5-9-23(34)30-24/h1,3-4,7-8,20,22H,2,5-6,9-19H2. The molecule has 0 bridgehead atoms. The lowest BCUT2D eigenvalue weighted by molar-refractivity contribution is -0.138. The van der Waals surface area contributed by atoms with E-state index in [4.69, 9.17) is 4.98 Å². The predicted octanol–water partition coefficient (Wildman–Crippen LogP) is 3.11. The van der Waals surface area contributed by atoms with E-state index in [1.165, 1.54) is 24.8 Å². The molecule has 0 atom stereocenters. The molecule has 1 aromatic carbocycles. The van der Waals surface area contributed by atoms with Crippen LogP contribution in [0.25, 0.3) is 11.2 Å². The molecule has 6 rings (SSSR count). The van der Waals surface area contributed by atoms with Crippen molar-refractivity contribution in [3.05, 3.63) is 48.0 Å². The van der Waals surface area contributed by atoms with Gasteiger partial charge in [-0.25, -0.2) is 15.0 Å². The van der Waals surface area contributed by atoms with Gasteiger partial charge in [-0.3, -0.25) is 9.69 Å². The first-order valence-corrected chi connectivity index (χ1v) is 13.3. The van der Waals surface area contributed by atoms with Gasteiger partial charge < -0.3 is 14.4 Å². The van der Waals surface area contributed by atoms with E-state index >= 15 is 0 Å². The Bertz CT molecular complexity index is 1160. The number of piperazine rings is 1. The van der Waals surface area contributed by atoms with Crippen LogP contribution in [0, 0.1) is 5.92 Å². The molecule has 3 aliphatic heterocycles. The highest BCUT2D eigenvalue weighted by Crippen LogP contribution is 2.30. The van der Waals surface area contributed by atoms with E-state index in [1.54, 1.807) is 6.33 Å². The molecule has 2 fully saturated rings. The van der Waals surface area contributed by atoms with E-state index < -0.39 is 0 Å². The van der Waals surface area contributed by atoms with Crippen LogP contribution in [-0.4, -0.2) is 74.5 Å². The maximum Gasteiger partial charge on any atom is 0.225 e. The molecule has 8 heteroatoms. The molecule has 2 aromatic heterocycles. The van der Waals surface area contributed by atoms with E-state index in [1.807, 2.05) is 0 Å². The second-order valence-electron chi connectivity index (χ2n) is 10.2. The second-order valence-corrected chi connectivity index (χ2v) is 10.2. The van der Waals surface area contributed by atoms with Crippen molar-refractivity contribution < 1.29 is 4.79 Å². The molecule has 2 saturated heterocycles. The summed E-state index contributed by atoms with van der Waals surface area (Å²) in [5.74, 6) is 2.54. The molecule has 0 aliphatic carbocycles. The summed E-state index contributed by atoms with van der Waals surface area (Å²) in [5, 5.41) is 0. The van der Waals surface area contributed by atoms with Gasteiger partial charge in [0.15, 0.2) is 17.0 Å². The molecule has 0 radical (unpaired) electrons. The van der Waals surface area contributed by atoms with Crippen LogP contribution in [0.15, 0.2) is 36.7 Å². The third-order valence-electron chi connectivity index (χ3n) is 7.95. The quantitative estimate of drug-likeness (QED) is 0.580. The van der Waals surface area contributed by atoms with Crippen molar-refractivity contribution in [2.75, 3.05) is 44.2 Å². The number of imidazole rings is 1. The fraction of sp³-hybridized carbons (Fsp3) is 0.556. The number of carbonyl (C=O) groups is 1. The van der Waals surface area contributed by atoms with Crippen molar-refractivity contribution in [2.24, 2.45) is 5.92 Å². The molecule has 8 nitrogen and oxygen atoms in total. The zero-order valence-corrected chi connectivity index (χ0v) is 20.5. The molecule has 1 amide bonds. The molecular formula is C27H35N7O. The minimum atomic E-state index is 0.114. The summed E-state index contributed by atoms with van der Waals surface area (Å²) < 4.78 is 2.29. The fourth-order valence-corrected chi connectivity index (χ4v) is 5.92. The minimum absolute atomic E-state index is 0.114. The number of hydrogen-bond donors (Lipinski definition) is 0. The van der Waals surface area contributed by atoms with Gasteiger partial charge in [-0.1, -0.05) is 36.8 Å². The van der Waals surface area contributed by atoms with E-state index in [0.29, 0.717) is 5.91 Å². The summed E-state index contributed by atoms with van der Waals surface area (Å²) in [6.07, 6.45) is 8.09. The molecule has 35 heavy (non-hydrogen) atoms. The van der Waals surface area contributed by atoms with E-state index in [2.05, 4.69) is 59.6 Å². The topological polar surface area (TPSA) is 70.4 Å². The molecule has 184 valence electrons. The number of carbonyl (C=O) groups excluding carboxylic acids is 1. The number of aromatic nitrogens is 4. The highest BCUT2D eigenvalue weighted by molar-refractivity contribution is 5.84. The summed E-state index contributed by atoms with van der Waals surface area (Å²) in [6.45, 7) is 7.21. The molecule has 0 N–H and O–H groups in total. The number of aryl methyl sites for hydroxylation is 2. The van der Waals surface area contributed by atoms with Crippen LogP contribution in [-0.2, 0) is 24.3 Å². The Morgan fingerprint density at radius 1 is 0.886 bits per heavy atom. The fourth-order valence-electron chi connectivity index (χ4n) is 5.92. The number of anilines is 1. The zero-order valence-electron chi connectivity index (χ0n) is 20.5. The predicted molar refractivity (Wildman–Crippen MR) is 136 cm³/mol. The average Bonchev–Trinajstić information content (AvgIpc) is 3.10. The van der Waals surface area contributed by atoms with Crippen molar-refractivity contribution >= 4 is 22.9 Å². The largest absolute Gasteiger partial charge is 0.355 e. The number of piperidine rings is 1. The summed E-state index contributed by atoms with van der Waals surface area (Å²) in [5.41, 5.74) is 3.25. The summed E-state index contributed by atoms with van der Waals surface area (Å²) in [6, 6.07) is 10.6. The minimum Gasteiger partial charge on any atom is -0.355 e. The van der Waals surface area contributed by atoms with Crippen LogP contribution in [0.5, 0.6) is 0 Å². The Morgan fingerprint density at radius 2 is 1.69 bits per heavy atom. The maximum absolute atomic E-state index is 13.3. The van der Waals surface area contributed by atoms with Crippen LogP contribution in [0.4, 0.5) is 5.82 Å². The van der Waals surface area contributed by atoms with E-state index in [-0.39, 0.29) is 5.92 Å². The average molecular weight is 474 g/mol. The Labute approximate surface area is 207 Å². The van der Waals surface area contributed by atoms with Crippen molar-refractivity contribution in [3.8, 4) is 0 Å². The van der Waals surface area contributed by atoms with Gasteiger partial charge in [-0.2, -0.15) is 0 Å². The van der Waals surface area contributed by atoms with Gasteiger partial charge in [0.2, 0.25) is 5.91 Å². The lowest BCUT2D eigenvalue weighted by Gasteiger charge is -2.38. The van der Waals surface area contributed by atoms with Crippen LogP contribution < -0.4 is 4.90 Å².